The molecule has 0 N–H and O–H groups in total. The summed E-state index contributed by atoms with van der Waals surface area (Å²) in [5.41, 5.74) is 3.74. The Morgan fingerprint density at radius 3 is 1.46 bits per heavy atom. The van der Waals surface area contributed by atoms with Crippen molar-refractivity contribution in [3.63, 3.8) is 0 Å². The monoisotopic (exact) mass is 628 g/mol. The molecule has 0 radical (unpaired) electrons. The van der Waals surface area contributed by atoms with Crippen LogP contribution in [0.5, 0.6) is 11.5 Å². The van der Waals surface area contributed by atoms with E-state index in [1.54, 1.807) is 0 Å². The number of hydrogen-bond donors (Lipinski definition) is 0. The van der Waals surface area contributed by atoms with E-state index in [2.05, 4.69) is 20.8 Å². The first-order valence-corrected chi connectivity index (χ1v) is 18.4. The molecule has 46 heavy (non-hydrogen) atoms. The summed E-state index contributed by atoms with van der Waals surface area (Å²) in [6.45, 7) is 7.95. The van der Waals surface area contributed by atoms with Gasteiger partial charge in [-0.2, -0.15) is 0 Å². The van der Waals surface area contributed by atoms with Crippen molar-refractivity contribution < 1.29 is 19.0 Å². The molecule has 0 saturated heterocycles. The van der Waals surface area contributed by atoms with Gasteiger partial charge in [-0.15, -0.1) is 0 Å². The summed E-state index contributed by atoms with van der Waals surface area (Å²) in [4.78, 5) is 12.8. The van der Waals surface area contributed by atoms with Gasteiger partial charge in [-0.1, -0.05) is 147 Å². The van der Waals surface area contributed by atoms with E-state index in [9.17, 15) is 4.79 Å². The molecule has 3 rings (SSSR count). The number of ether oxygens (including phenoxy) is 3. The highest BCUT2D eigenvalue weighted by molar-refractivity contribution is 5.91. The second kappa shape index (κ2) is 23.2. The molecule has 0 aliphatic heterocycles. The molecule has 0 saturated carbocycles. The summed E-state index contributed by atoms with van der Waals surface area (Å²) in [6, 6.07) is 23.2. The van der Waals surface area contributed by atoms with Gasteiger partial charge in [0.15, 0.2) is 0 Å². The number of unbranched alkanes of at least 4 members (excludes halogenated alkanes) is 15. The lowest BCUT2D eigenvalue weighted by Gasteiger charge is -2.14. The first kappa shape index (κ1) is 37.3. The van der Waals surface area contributed by atoms with Crippen molar-refractivity contribution >= 4 is 5.97 Å². The molecule has 0 spiro atoms. The van der Waals surface area contributed by atoms with Gasteiger partial charge < -0.3 is 14.2 Å². The number of esters is 1. The molecule has 0 fully saturated rings. The number of carbonyl (C=O) groups excluding carboxylic acids is 1. The molecular formula is C42H60O4. The zero-order valence-electron chi connectivity index (χ0n) is 29.1. The summed E-state index contributed by atoms with van der Waals surface area (Å²) >= 11 is 0. The molecule has 1 unspecified atom stereocenters. The molecular weight excluding hydrogens is 568 g/mol. The standard InChI is InChI=1S/C42H60O4/c1-4-6-7-8-9-10-11-12-13-14-15-16-17-18-19-20-34-44-35(3)36-21-23-39(24-22-36)42(43)46-41-31-27-38(28-32-41)37-25-29-40(30-26-37)45-33-5-2/h21-32,35H,4-20,33-34H2,1-3H3. The van der Waals surface area contributed by atoms with Gasteiger partial charge in [0.1, 0.15) is 11.5 Å². The largest absolute Gasteiger partial charge is 0.494 e. The van der Waals surface area contributed by atoms with Gasteiger partial charge in [-0.05, 0) is 72.9 Å². The highest BCUT2D eigenvalue weighted by Gasteiger charge is 2.11. The lowest BCUT2D eigenvalue weighted by Crippen LogP contribution is -2.09. The van der Waals surface area contributed by atoms with Crippen LogP contribution in [0.25, 0.3) is 11.1 Å². The van der Waals surface area contributed by atoms with Gasteiger partial charge in [-0.25, -0.2) is 4.79 Å². The molecule has 0 aliphatic rings. The van der Waals surface area contributed by atoms with Crippen molar-refractivity contribution in [2.24, 2.45) is 0 Å². The molecule has 0 amide bonds. The molecule has 4 nitrogen and oxygen atoms in total. The lowest BCUT2D eigenvalue weighted by atomic mass is 10.0. The third-order valence-electron chi connectivity index (χ3n) is 8.71. The van der Waals surface area contributed by atoms with Crippen molar-refractivity contribution in [3.05, 3.63) is 83.9 Å². The van der Waals surface area contributed by atoms with Gasteiger partial charge in [0, 0.05) is 6.61 Å². The third kappa shape index (κ3) is 15.0. The predicted octanol–water partition coefficient (Wildman–Crippen LogP) is 12.7. The highest BCUT2D eigenvalue weighted by Crippen LogP contribution is 2.26. The van der Waals surface area contributed by atoms with Crippen LogP contribution in [0.15, 0.2) is 72.8 Å². The average molecular weight is 629 g/mol. The maximum Gasteiger partial charge on any atom is 0.343 e. The summed E-state index contributed by atoms with van der Waals surface area (Å²) in [5.74, 6) is 1.04. The number of benzene rings is 3. The second-order valence-corrected chi connectivity index (χ2v) is 12.7. The van der Waals surface area contributed by atoms with Crippen molar-refractivity contribution in [1.29, 1.82) is 0 Å². The van der Waals surface area contributed by atoms with Crippen molar-refractivity contribution in [3.8, 4) is 22.6 Å². The van der Waals surface area contributed by atoms with E-state index in [1.165, 1.54) is 96.3 Å². The summed E-state index contributed by atoms with van der Waals surface area (Å²) in [6.07, 6.45) is 22.9. The minimum absolute atomic E-state index is 0.00114. The van der Waals surface area contributed by atoms with Crippen LogP contribution < -0.4 is 9.47 Å². The Morgan fingerprint density at radius 1 is 0.522 bits per heavy atom. The number of carbonyl (C=O) groups is 1. The highest BCUT2D eigenvalue weighted by atomic mass is 16.5. The van der Waals surface area contributed by atoms with E-state index in [4.69, 9.17) is 14.2 Å². The third-order valence-corrected chi connectivity index (χ3v) is 8.71. The molecule has 0 bridgehead atoms. The van der Waals surface area contributed by atoms with E-state index >= 15 is 0 Å². The van der Waals surface area contributed by atoms with E-state index in [-0.39, 0.29) is 12.1 Å². The van der Waals surface area contributed by atoms with E-state index in [0.717, 1.165) is 41.9 Å². The maximum absolute atomic E-state index is 12.8. The smallest absolute Gasteiger partial charge is 0.343 e. The molecule has 0 heterocycles. The molecule has 1 atom stereocenters. The average Bonchev–Trinajstić information content (AvgIpc) is 3.09. The normalized spacial score (nSPS) is 11.8. The van der Waals surface area contributed by atoms with E-state index in [1.807, 2.05) is 72.8 Å². The molecule has 0 aromatic heterocycles. The second-order valence-electron chi connectivity index (χ2n) is 12.7. The SMILES string of the molecule is CCCCCCCCCCCCCCCCCCOC(C)c1ccc(C(=O)Oc2ccc(-c3ccc(OCCC)cc3)cc2)cc1. The minimum atomic E-state index is -0.363. The van der Waals surface area contributed by atoms with Crippen molar-refractivity contribution in [2.75, 3.05) is 13.2 Å². The zero-order valence-corrected chi connectivity index (χ0v) is 29.1. The predicted molar refractivity (Wildman–Crippen MR) is 193 cm³/mol. The topological polar surface area (TPSA) is 44.8 Å². The van der Waals surface area contributed by atoms with Crippen LogP contribution in [0.4, 0.5) is 0 Å². The summed E-state index contributed by atoms with van der Waals surface area (Å²) in [5, 5.41) is 0. The lowest BCUT2D eigenvalue weighted by molar-refractivity contribution is 0.0626. The Labute approximate surface area is 280 Å². The van der Waals surface area contributed by atoms with Crippen LogP contribution in [-0.4, -0.2) is 19.2 Å². The fourth-order valence-corrected chi connectivity index (χ4v) is 5.74. The summed E-state index contributed by atoms with van der Waals surface area (Å²) in [7, 11) is 0. The fraction of sp³-hybridized carbons (Fsp3) is 0.548. The van der Waals surface area contributed by atoms with Crippen LogP contribution >= 0.6 is 0 Å². The van der Waals surface area contributed by atoms with Gasteiger partial charge >= 0.3 is 5.97 Å². The zero-order chi connectivity index (χ0) is 32.7. The Hall–Kier alpha value is -3.11. The Bertz CT molecular complexity index is 1180. The van der Waals surface area contributed by atoms with Gasteiger partial charge in [0.05, 0.1) is 18.3 Å². The number of hydrogen-bond acceptors (Lipinski definition) is 4. The molecule has 3 aromatic carbocycles. The first-order chi connectivity index (χ1) is 22.6. The minimum Gasteiger partial charge on any atom is -0.494 e. The summed E-state index contributed by atoms with van der Waals surface area (Å²) < 4.78 is 17.4. The van der Waals surface area contributed by atoms with Crippen LogP contribution in [0.2, 0.25) is 0 Å². The van der Waals surface area contributed by atoms with Crippen LogP contribution in [0.1, 0.15) is 152 Å². The molecule has 0 aliphatic carbocycles. The van der Waals surface area contributed by atoms with Crippen molar-refractivity contribution in [1.82, 2.24) is 0 Å². The van der Waals surface area contributed by atoms with Gasteiger partial charge in [0.2, 0.25) is 0 Å². The van der Waals surface area contributed by atoms with Gasteiger partial charge in [-0.3, -0.25) is 0 Å². The van der Waals surface area contributed by atoms with Crippen LogP contribution in [0.3, 0.4) is 0 Å². The Morgan fingerprint density at radius 2 is 0.978 bits per heavy atom. The van der Waals surface area contributed by atoms with E-state index in [0.29, 0.717) is 17.9 Å². The molecule has 252 valence electrons. The Kier molecular flexibility index (Phi) is 18.9. The molecule has 3 aromatic rings. The van der Waals surface area contributed by atoms with E-state index < -0.39 is 0 Å². The first-order valence-electron chi connectivity index (χ1n) is 18.4. The fourth-order valence-electron chi connectivity index (χ4n) is 5.74. The van der Waals surface area contributed by atoms with Crippen LogP contribution in [-0.2, 0) is 4.74 Å². The van der Waals surface area contributed by atoms with Gasteiger partial charge in [0.25, 0.3) is 0 Å². The number of rotatable bonds is 25. The maximum atomic E-state index is 12.8. The van der Waals surface area contributed by atoms with Crippen LogP contribution in [0, 0.1) is 0 Å². The van der Waals surface area contributed by atoms with Crippen molar-refractivity contribution in [2.45, 2.75) is 136 Å². The Balaban J connectivity index is 1.23. The molecule has 4 heteroatoms. The quantitative estimate of drug-likeness (QED) is 0.0532.